The van der Waals surface area contributed by atoms with Crippen molar-refractivity contribution in [2.75, 3.05) is 45.9 Å². The first-order valence-electron chi connectivity index (χ1n) is 13.3. The van der Waals surface area contributed by atoms with Crippen molar-refractivity contribution >= 4 is 18.1 Å². The van der Waals surface area contributed by atoms with Gasteiger partial charge in [-0.2, -0.15) is 0 Å². The Morgan fingerprint density at radius 2 is 1.42 bits per heavy atom. The van der Waals surface area contributed by atoms with E-state index < -0.39 is 5.79 Å². The van der Waals surface area contributed by atoms with Gasteiger partial charge < -0.3 is 14.4 Å². The monoisotopic (exact) mass is 489 g/mol. The molecule has 2 saturated heterocycles. The lowest BCUT2D eigenvalue weighted by Crippen LogP contribution is -2.53. The molecule has 6 nitrogen and oxygen atoms in total. The number of ether oxygens (including phenoxy) is 2. The summed E-state index contributed by atoms with van der Waals surface area (Å²) >= 11 is 0. The average molecular weight is 490 g/mol. The third kappa shape index (κ3) is 4.88. The van der Waals surface area contributed by atoms with E-state index in [0.29, 0.717) is 13.2 Å². The maximum absolute atomic E-state index is 12.9. The highest BCUT2D eigenvalue weighted by molar-refractivity contribution is 5.79. The fourth-order valence-electron chi connectivity index (χ4n) is 5.96. The van der Waals surface area contributed by atoms with Gasteiger partial charge in [0, 0.05) is 55.9 Å². The molecule has 0 aromatic heterocycles. The maximum atomic E-state index is 12.9. The summed E-state index contributed by atoms with van der Waals surface area (Å²) in [5, 5.41) is 0. The van der Waals surface area contributed by atoms with Gasteiger partial charge in [0.1, 0.15) is 0 Å². The number of fused-ring (bicyclic) bond motifs is 4. The Morgan fingerprint density at radius 3 is 1.97 bits per heavy atom. The van der Waals surface area contributed by atoms with Gasteiger partial charge in [0.05, 0.1) is 19.3 Å². The summed E-state index contributed by atoms with van der Waals surface area (Å²) in [4.78, 5) is 19.6. The summed E-state index contributed by atoms with van der Waals surface area (Å²) < 4.78 is 13.4. The molecular formula is C30H39N3O3. The maximum Gasteiger partial charge on any atom is 0.237 e. The van der Waals surface area contributed by atoms with Gasteiger partial charge in [0.15, 0.2) is 0 Å². The van der Waals surface area contributed by atoms with Crippen LogP contribution in [-0.2, 0) is 20.1 Å². The summed E-state index contributed by atoms with van der Waals surface area (Å²) in [6, 6.07) is 17.2. The van der Waals surface area contributed by atoms with Crippen LogP contribution < -0.4 is 0 Å². The number of piperazine rings is 1. The summed E-state index contributed by atoms with van der Waals surface area (Å²) in [5.74, 6) is -0.658. The van der Waals surface area contributed by atoms with E-state index in [-0.39, 0.29) is 24.1 Å². The molecule has 5 rings (SSSR count). The van der Waals surface area contributed by atoms with Crippen molar-refractivity contribution in [3.05, 3.63) is 70.8 Å². The fraction of sp³-hybridized carbons (Fsp3) is 0.500. The van der Waals surface area contributed by atoms with E-state index in [9.17, 15) is 4.79 Å². The lowest BCUT2D eigenvalue weighted by molar-refractivity contribution is -0.145. The number of rotatable bonds is 6. The van der Waals surface area contributed by atoms with Crippen LogP contribution in [0.3, 0.4) is 0 Å². The predicted molar refractivity (Wildman–Crippen MR) is 143 cm³/mol. The van der Waals surface area contributed by atoms with Crippen LogP contribution in [0.5, 0.6) is 0 Å². The topological polar surface area (TPSA) is 45.3 Å². The van der Waals surface area contributed by atoms with E-state index in [1.807, 2.05) is 4.90 Å². The molecule has 1 unspecified atom stereocenters. The Bertz CT molecular complexity index is 1050. The van der Waals surface area contributed by atoms with Crippen molar-refractivity contribution in [3.63, 3.8) is 0 Å². The third-order valence-corrected chi connectivity index (χ3v) is 7.56. The predicted octanol–water partition coefficient (Wildman–Crippen LogP) is 4.05. The smallest absolute Gasteiger partial charge is 0.237 e. The Hall–Kier alpha value is -2.51. The zero-order chi connectivity index (χ0) is 25.3. The average Bonchev–Trinajstić information content (AvgIpc) is 3.22. The van der Waals surface area contributed by atoms with E-state index >= 15 is 0 Å². The molecule has 1 amide bonds. The molecule has 0 saturated carbocycles. The molecule has 3 aliphatic rings. The summed E-state index contributed by atoms with van der Waals surface area (Å²) in [6.45, 7) is 13.9. The van der Waals surface area contributed by atoms with Gasteiger partial charge in [-0.15, -0.1) is 0 Å². The van der Waals surface area contributed by atoms with E-state index in [2.05, 4.69) is 98.2 Å². The second-order valence-electron chi connectivity index (χ2n) is 10.7. The van der Waals surface area contributed by atoms with Crippen LogP contribution in [0.15, 0.2) is 48.5 Å². The van der Waals surface area contributed by atoms with E-state index in [1.54, 1.807) is 0 Å². The zero-order valence-electron chi connectivity index (χ0n) is 22.0. The first-order chi connectivity index (χ1) is 17.4. The minimum Gasteiger partial charge on any atom is -0.339 e. The molecule has 1 spiro atoms. The number of amides is 1. The Labute approximate surface area is 215 Å². The first kappa shape index (κ1) is 25.2. The Kier molecular flexibility index (Phi) is 7.31. The Morgan fingerprint density at radius 1 is 0.889 bits per heavy atom. The highest BCUT2D eigenvalue weighted by atomic mass is 16.7. The van der Waals surface area contributed by atoms with Crippen LogP contribution in [0, 0.1) is 0 Å². The fourth-order valence-corrected chi connectivity index (χ4v) is 5.96. The molecule has 6 heteroatoms. The van der Waals surface area contributed by atoms with Gasteiger partial charge in [-0.05, 0) is 38.8 Å². The van der Waals surface area contributed by atoms with E-state index in [0.717, 1.165) is 55.0 Å². The van der Waals surface area contributed by atoms with Crippen LogP contribution >= 0.6 is 0 Å². The normalized spacial score (nSPS) is 21.6. The van der Waals surface area contributed by atoms with Crippen molar-refractivity contribution < 1.29 is 14.3 Å². The number of nitrogens with zero attached hydrogens (tertiary/aromatic N) is 3. The molecule has 2 fully saturated rings. The molecule has 2 aliphatic heterocycles. The number of hydrogen-bond donors (Lipinski definition) is 0. The minimum absolute atomic E-state index is 0.0187. The van der Waals surface area contributed by atoms with Gasteiger partial charge >= 0.3 is 0 Å². The van der Waals surface area contributed by atoms with Crippen molar-refractivity contribution in [2.45, 2.75) is 51.7 Å². The lowest BCUT2D eigenvalue weighted by Gasteiger charge is -2.38. The molecular weight excluding hydrogens is 450 g/mol. The van der Waals surface area contributed by atoms with E-state index in [1.165, 1.54) is 0 Å². The number of benzene rings is 2. The highest BCUT2D eigenvalue weighted by Crippen LogP contribution is 2.45. The standard InChI is InChI=1S/C30H39N3O3/c1-22(2)33(23(3)4)29(34)20-32-17-15-31(16-18-32)19-26-21-35-30(36-26)27-11-7-5-9-24(27)13-14-25-10-6-8-12-28(25)30/h5-14,22-23,26H,15-21H2,1-4H3. The molecule has 1 atom stereocenters. The SMILES string of the molecule is CC(C)N(C(=O)CN1CCN(CC2COC3(O2)c2ccccc2C=Cc2ccccc23)CC1)C(C)C. The van der Waals surface area contributed by atoms with Gasteiger partial charge in [-0.1, -0.05) is 60.7 Å². The molecule has 1 aliphatic carbocycles. The zero-order valence-corrected chi connectivity index (χ0v) is 22.0. The second kappa shape index (κ2) is 10.5. The molecule has 0 N–H and O–H groups in total. The molecule has 192 valence electrons. The molecule has 0 radical (unpaired) electrons. The summed E-state index contributed by atoms with van der Waals surface area (Å²) in [7, 11) is 0. The summed E-state index contributed by atoms with van der Waals surface area (Å²) in [5.41, 5.74) is 4.39. The van der Waals surface area contributed by atoms with Crippen molar-refractivity contribution in [3.8, 4) is 0 Å². The molecule has 2 heterocycles. The number of carbonyl (C=O) groups is 1. The van der Waals surface area contributed by atoms with Crippen LogP contribution in [0.4, 0.5) is 0 Å². The van der Waals surface area contributed by atoms with Crippen LogP contribution in [-0.4, -0.2) is 84.7 Å². The molecule has 36 heavy (non-hydrogen) atoms. The van der Waals surface area contributed by atoms with Crippen molar-refractivity contribution in [1.29, 1.82) is 0 Å². The minimum atomic E-state index is -0.882. The third-order valence-electron chi connectivity index (χ3n) is 7.56. The van der Waals surface area contributed by atoms with Gasteiger partial charge in [-0.25, -0.2) is 0 Å². The van der Waals surface area contributed by atoms with Crippen LogP contribution in [0.1, 0.15) is 49.9 Å². The summed E-state index contributed by atoms with van der Waals surface area (Å²) in [6.07, 6.45) is 4.29. The highest BCUT2D eigenvalue weighted by Gasteiger charge is 2.47. The van der Waals surface area contributed by atoms with Crippen LogP contribution in [0.2, 0.25) is 0 Å². The Balaban J connectivity index is 1.23. The number of hydrogen-bond acceptors (Lipinski definition) is 5. The number of carbonyl (C=O) groups excluding carboxylic acids is 1. The molecule has 0 bridgehead atoms. The second-order valence-corrected chi connectivity index (χ2v) is 10.7. The largest absolute Gasteiger partial charge is 0.339 e. The van der Waals surface area contributed by atoms with Crippen molar-refractivity contribution in [1.82, 2.24) is 14.7 Å². The van der Waals surface area contributed by atoms with Gasteiger partial charge in [-0.3, -0.25) is 14.6 Å². The lowest BCUT2D eigenvalue weighted by atomic mass is 9.93. The quantitative estimate of drug-likeness (QED) is 0.613. The first-order valence-corrected chi connectivity index (χ1v) is 13.3. The van der Waals surface area contributed by atoms with E-state index in [4.69, 9.17) is 9.47 Å². The van der Waals surface area contributed by atoms with Gasteiger partial charge in [0.25, 0.3) is 0 Å². The molecule has 2 aromatic rings. The molecule has 2 aromatic carbocycles. The van der Waals surface area contributed by atoms with Gasteiger partial charge in [0.2, 0.25) is 11.7 Å². The van der Waals surface area contributed by atoms with Crippen LogP contribution in [0.25, 0.3) is 12.2 Å². The van der Waals surface area contributed by atoms with Crippen molar-refractivity contribution in [2.24, 2.45) is 0 Å².